The van der Waals surface area contributed by atoms with E-state index in [1.165, 1.54) is 22.7 Å². The van der Waals surface area contributed by atoms with Crippen LogP contribution < -0.4 is 16.0 Å². The Bertz CT molecular complexity index is 1280. The highest BCUT2D eigenvalue weighted by Gasteiger charge is 2.16. The number of aromatic nitrogens is 1. The molecule has 0 spiro atoms. The molecule has 3 amide bonds. The molecule has 2 aromatic carbocycles. The molecule has 0 aliphatic heterocycles. The Labute approximate surface area is 204 Å². The first-order valence-electron chi connectivity index (χ1n) is 10.6. The van der Waals surface area contributed by atoms with Crippen LogP contribution in [-0.2, 0) is 0 Å². The van der Waals surface area contributed by atoms with E-state index in [2.05, 4.69) is 20.9 Å². The predicted molar refractivity (Wildman–Crippen MR) is 136 cm³/mol. The molecule has 0 saturated carbocycles. The van der Waals surface area contributed by atoms with E-state index in [1.54, 1.807) is 30.3 Å². The summed E-state index contributed by atoms with van der Waals surface area (Å²) in [7, 11) is 0. The van der Waals surface area contributed by atoms with Crippen molar-refractivity contribution in [3.8, 4) is 10.6 Å². The summed E-state index contributed by atoms with van der Waals surface area (Å²) in [5.74, 6) is -0.652. The van der Waals surface area contributed by atoms with Crippen LogP contribution in [0.5, 0.6) is 0 Å². The number of nitrogens with one attached hydrogen (secondary N) is 3. The van der Waals surface area contributed by atoms with Crippen LogP contribution in [0.15, 0.2) is 72.1 Å². The maximum atomic E-state index is 12.8. The highest BCUT2D eigenvalue weighted by Crippen LogP contribution is 2.28. The van der Waals surface area contributed by atoms with Gasteiger partial charge in [-0.2, -0.15) is 0 Å². The summed E-state index contributed by atoms with van der Waals surface area (Å²) in [6.45, 7) is 2.45. The number of benzene rings is 2. The number of thiophene rings is 1. The van der Waals surface area contributed by atoms with Crippen LogP contribution in [0.3, 0.4) is 0 Å². The van der Waals surface area contributed by atoms with Gasteiger partial charge in [0, 0.05) is 29.9 Å². The van der Waals surface area contributed by atoms with Crippen LogP contribution in [0.2, 0.25) is 0 Å². The van der Waals surface area contributed by atoms with E-state index in [4.69, 9.17) is 0 Å². The molecular formula is C25H22N4O3S2. The van der Waals surface area contributed by atoms with Crippen molar-refractivity contribution in [3.63, 3.8) is 0 Å². The van der Waals surface area contributed by atoms with Crippen molar-refractivity contribution in [2.45, 2.75) is 6.92 Å². The van der Waals surface area contributed by atoms with Crippen molar-refractivity contribution in [1.82, 2.24) is 15.6 Å². The van der Waals surface area contributed by atoms with Crippen molar-refractivity contribution >= 4 is 46.1 Å². The van der Waals surface area contributed by atoms with Gasteiger partial charge in [-0.1, -0.05) is 36.4 Å². The average molecular weight is 491 g/mol. The van der Waals surface area contributed by atoms with Gasteiger partial charge in [0.15, 0.2) is 0 Å². The van der Waals surface area contributed by atoms with Gasteiger partial charge in [-0.05, 0) is 42.6 Å². The summed E-state index contributed by atoms with van der Waals surface area (Å²) in [5.41, 5.74) is 2.68. The molecule has 0 radical (unpaired) electrons. The van der Waals surface area contributed by atoms with Crippen molar-refractivity contribution in [3.05, 3.63) is 93.1 Å². The van der Waals surface area contributed by atoms with Crippen LogP contribution >= 0.6 is 22.7 Å². The van der Waals surface area contributed by atoms with Gasteiger partial charge < -0.3 is 16.0 Å². The quantitative estimate of drug-likeness (QED) is 0.315. The zero-order valence-electron chi connectivity index (χ0n) is 18.3. The van der Waals surface area contributed by atoms with Crippen molar-refractivity contribution in [2.75, 3.05) is 18.4 Å². The zero-order valence-corrected chi connectivity index (χ0v) is 20.0. The summed E-state index contributed by atoms with van der Waals surface area (Å²) in [6, 6.07) is 19.9. The molecule has 2 heterocycles. The van der Waals surface area contributed by atoms with E-state index in [0.717, 1.165) is 10.6 Å². The molecule has 0 aliphatic carbocycles. The number of hydrogen-bond acceptors (Lipinski definition) is 6. The number of nitrogens with zero attached hydrogens (tertiary/aromatic N) is 1. The van der Waals surface area contributed by atoms with Crippen LogP contribution in [0.4, 0.5) is 5.69 Å². The third-order valence-electron chi connectivity index (χ3n) is 4.87. The number of aryl methyl sites for hydroxylation is 1. The van der Waals surface area contributed by atoms with Crippen molar-refractivity contribution in [1.29, 1.82) is 0 Å². The fourth-order valence-corrected chi connectivity index (χ4v) is 4.76. The van der Waals surface area contributed by atoms with Gasteiger partial charge in [-0.25, -0.2) is 4.98 Å². The summed E-state index contributed by atoms with van der Waals surface area (Å²) in [4.78, 5) is 42.7. The van der Waals surface area contributed by atoms with Gasteiger partial charge in [0.25, 0.3) is 17.7 Å². The Kier molecular flexibility index (Phi) is 7.46. The number of anilines is 1. The Balaban J connectivity index is 1.28. The minimum absolute atomic E-state index is 0.156. The third-order valence-corrected chi connectivity index (χ3v) is 6.94. The lowest BCUT2D eigenvalue weighted by Gasteiger charge is -2.08. The Morgan fingerprint density at radius 1 is 0.824 bits per heavy atom. The molecule has 0 unspecified atom stereocenters. The number of rotatable bonds is 8. The molecule has 9 heteroatoms. The number of amides is 3. The lowest BCUT2D eigenvalue weighted by atomic mass is 10.2. The maximum absolute atomic E-state index is 12.8. The fraction of sp³-hybridized carbons (Fsp3) is 0.120. The first-order valence-corrected chi connectivity index (χ1v) is 12.2. The van der Waals surface area contributed by atoms with Gasteiger partial charge in [0.1, 0.15) is 9.88 Å². The van der Waals surface area contributed by atoms with Gasteiger partial charge in [0.05, 0.1) is 10.6 Å². The monoisotopic (exact) mass is 490 g/mol. The van der Waals surface area contributed by atoms with Gasteiger partial charge in [0.2, 0.25) is 0 Å². The van der Waals surface area contributed by atoms with E-state index in [-0.39, 0.29) is 17.7 Å². The minimum atomic E-state index is -0.256. The number of carbonyl (C=O) groups is 3. The molecule has 2 aromatic heterocycles. The second-order valence-electron chi connectivity index (χ2n) is 7.32. The average Bonchev–Trinajstić information content (AvgIpc) is 3.53. The molecule has 0 fully saturated rings. The summed E-state index contributed by atoms with van der Waals surface area (Å²) >= 11 is 2.71. The number of hydrogen-bond donors (Lipinski definition) is 3. The first kappa shape index (κ1) is 23.3. The largest absolute Gasteiger partial charge is 0.350 e. The van der Waals surface area contributed by atoms with Gasteiger partial charge in [-0.15, -0.1) is 22.7 Å². The van der Waals surface area contributed by atoms with E-state index < -0.39 is 0 Å². The second kappa shape index (κ2) is 10.9. The van der Waals surface area contributed by atoms with Crippen LogP contribution in [0, 0.1) is 6.92 Å². The summed E-state index contributed by atoms with van der Waals surface area (Å²) < 4.78 is 0. The molecule has 34 heavy (non-hydrogen) atoms. The highest BCUT2D eigenvalue weighted by atomic mass is 32.1. The van der Waals surface area contributed by atoms with Gasteiger partial charge in [-0.3, -0.25) is 14.4 Å². The van der Waals surface area contributed by atoms with Crippen molar-refractivity contribution in [2.24, 2.45) is 0 Å². The van der Waals surface area contributed by atoms with Crippen LogP contribution in [-0.4, -0.2) is 35.8 Å². The molecule has 7 nitrogen and oxygen atoms in total. The highest BCUT2D eigenvalue weighted by molar-refractivity contribution is 7.17. The van der Waals surface area contributed by atoms with Crippen molar-refractivity contribution < 1.29 is 14.4 Å². The molecule has 3 N–H and O–H groups in total. The van der Waals surface area contributed by atoms with E-state index in [0.29, 0.717) is 39.8 Å². The molecule has 0 saturated heterocycles. The standard InChI is InChI=1S/C25H22N4O3S2/c1-16-21(34-25(28-16)18-6-3-2-4-7-18)24(32)29-19-11-9-17(10-12-19)22(30)26-13-14-27-23(31)20-8-5-15-33-20/h2-12,15H,13-14H2,1H3,(H,26,30)(H,27,31)(H,29,32). The topological polar surface area (TPSA) is 100 Å². The normalized spacial score (nSPS) is 10.5. The van der Waals surface area contributed by atoms with E-state index in [1.807, 2.05) is 48.7 Å². The Morgan fingerprint density at radius 2 is 1.53 bits per heavy atom. The molecule has 0 bridgehead atoms. The number of carbonyl (C=O) groups excluding carboxylic acids is 3. The first-order chi connectivity index (χ1) is 16.5. The van der Waals surface area contributed by atoms with Gasteiger partial charge >= 0.3 is 0 Å². The molecule has 0 aliphatic rings. The van der Waals surface area contributed by atoms with E-state index in [9.17, 15) is 14.4 Å². The summed E-state index contributed by atoms with van der Waals surface area (Å²) in [5, 5.41) is 11.0. The number of thiazole rings is 1. The molecule has 0 atom stereocenters. The lowest BCUT2D eigenvalue weighted by molar-refractivity contribution is 0.0929. The molecule has 172 valence electrons. The molecule has 4 aromatic rings. The minimum Gasteiger partial charge on any atom is -0.350 e. The molecular weight excluding hydrogens is 468 g/mol. The van der Waals surface area contributed by atoms with E-state index >= 15 is 0 Å². The van der Waals surface area contributed by atoms with Crippen LogP contribution in [0.1, 0.15) is 35.4 Å². The smallest absolute Gasteiger partial charge is 0.267 e. The Morgan fingerprint density at radius 3 is 2.21 bits per heavy atom. The predicted octanol–water partition coefficient (Wildman–Crippen LogP) is 4.59. The fourth-order valence-electron chi connectivity index (χ4n) is 3.15. The van der Waals surface area contributed by atoms with Crippen LogP contribution in [0.25, 0.3) is 10.6 Å². The molecule has 4 rings (SSSR count). The SMILES string of the molecule is Cc1nc(-c2ccccc2)sc1C(=O)Nc1ccc(C(=O)NCCNC(=O)c2cccs2)cc1. The summed E-state index contributed by atoms with van der Waals surface area (Å²) in [6.07, 6.45) is 0. The lowest BCUT2D eigenvalue weighted by Crippen LogP contribution is -2.34. The maximum Gasteiger partial charge on any atom is 0.267 e. The third kappa shape index (κ3) is 5.75. The zero-order chi connectivity index (χ0) is 23.9. The Hall–Kier alpha value is -3.82. The second-order valence-corrected chi connectivity index (χ2v) is 9.27.